The average Bonchev–Trinajstić information content (AvgIpc) is 1.69. The number of piperidine rings is 2. The Hall–Kier alpha value is -7.74. The summed E-state index contributed by atoms with van der Waals surface area (Å²) in [5.74, 6) is -2.97. The van der Waals surface area contributed by atoms with Crippen molar-refractivity contribution >= 4 is 138 Å². The van der Waals surface area contributed by atoms with Gasteiger partial charge in [-0.25, -0.2) is 4.79 Å². The van der Waals surface area contributed by atoms with Gasteiger partial charge in [0.05, 0.1) is 42.6 Å². The number of carbonyl (C=O) groups excluding carboxylic acids is 5. The number of halogens is 6. The summed E-state index contributed by atoms with van der Waals surface area (Å²) in [5.41, 5.74) is 11.5. The van der Waals surface area contributed by atoms with E-state index >= 15 is 0 Å². The van der Waals surface area contributed by atoms with E-state index in [0.29, 0.717) is 132 Å². The zero-order chi connectivity index (χ0) is 63.9. The minimum absolute atomic E-state index is 0.147. The number of carboxylic acids is 2. The Morgan fingerprint density at radius 2 is 0.966 bits per heavy atom. The molecule has 23 heteroatoms. The fraction of sp³-hybridized carbons (Fsp3) is 0.273. The van der Waals surface area contributed by atoms with E-state index < -0.39 is 17.8 Å². The topological polar surface area (TPSA) is 242 Å². The molecule has 4 N–H and O–H groups in total. The number of carbonyl (C=O) groups is 6. The molecule has 0 unspecified atom stereocenters. The number of carboxylic acid groups (broad SMARTS) is 2. The van der Waals surface area contributed by atoms with Crippen molar-refractivity contribution in [3.8, 4) is 22.5 Å². The van der Waals surface area contributed by atoms with Gasteiger partial charge in [0.15, 0.2) is 11.5 Å². The van der Waals surface area contributed by atoms with Crippen molar-refractivity contribution < 1.29 is 53.8 Å². The number of quaternary nitrogens is 1. The first-order valence-corrected chi connectivity index (χ1v) is 30.8. The minimum Gasteiger partial charge on any atom is -0.545 e. The predicted octanol–water partition coefficient (Wildman–Crippen LogP) is 13.2. The molecule has 12 rings (SSSR count). The molecule has 4 aromatic heterocycles. The van der Waals surface area contributed by atoms with Crippen molar-refractivity contribution in [1.82, 2.24) is 29.2 Å². The van der Waals surface area contributed by atoms with Crippen LogP contribution in [0.2, 0.25) is 30.1 Å². The predicted molar refractivity (Wildman–Crippen MR) is 343 cm³/mol. The largest absolute Gasteiger partial charge is 0.545 e. The monoisotopic (exact) mass is 1320 g/mol. The number of nitrogens with zero attached hydrogens (tertiary/aromatic N) is 6. The highest BCUT2D eigenvalue weighted by Gasteiger charge is 2.38. The van der Waals surface area contributed by atoms with Crippen molar-refractivity contribution in [2.24, 2.45) is 0 Å². The van der Waals surface area contributed by atoms with Crippen molar-refractivity contribution in [3.63, 3.8) is 0 Å². The number of aromatic nitrogens is 4. The van der Waals surface area contributed by atoms with Crippen LogP contribution in [0.15, 0.2) is 120 Å². The minimum atomic E-state index is -1.27. The smallest absolute Gasteiger partial charge is 0.328 e. The Morgan fingerprint density at radius 1 is 0.607 bits per heavy atom. The van der Waals surface area contributed by atoms with Gasteiger partial charge in [-0.15, -0.1) is 0 Å². The second kappa shape index (κ2) is 26.4. The quantitative estimate of drug-likeness (QED) is 0.122. The van der Waals surface area contributed by atoms with Crippen molar-refractivity contribution in [1.29, 1.82) is 0 Å². The molecule has 0 spiro atoms. The molecule has 6 heterocycles. The van der Waals surface area contributed by atoms with Crippen molar-refractivity contribution in [2.45, 2.75) is 89.5 Å². The molecule has 4 aliphatic rings. The number of rotatable bonds is 10. The Labute approximate surface area is 541 Å². The third-order valence-electron chi connectivity index (χ3n) is 15.9. The Bertz CT molecular complexity index is 3980. The highest BCUT2D eigenvalue weighted by molar-refractivity contribution is 6.43. The van der Waals surface area contributed by atoms with Crippen LogP contribution >= 0.6 is 69.6 Å². The van der Waals surface area contributed by atoms with E-state index in [1.54, 1.807) is 43.5 Å². The number of aryl methyl sites for hydroxylation is 2. The average molecular weight is 1320 g/mol. The maximum atomic E-state index is 14.6. The van der Waals surface area contributed by atoms with Gasteiger partial charge in [0.2, 0.25) is 11.8 Å². The Morgan fingerprint density at radius 3 is 1.30 bits per heavy atom. The van der Waals surface area contributed by atoms with Crippen LogP contribution in [0.3, 0.4) is 0 Å². The van der Waals surface area contributed by atoms with Gasteiger partial charge < -0.3 is 39.6 Å². The lowest BCUT2D eigenvalue weighted by molar-refractivity contribution is -0.458. The maximum Gasteiger partial charge on any atom is 0.328 e. The van der Waals surface area contributed by atoms with E-state index in [0.717, 1.165) is 39.1 Å². The summed E-state index contributed by atoms with van der Waals surface area (Å²) in [6.45, 7) is 15.3. The molecular formula is C66H59Cl6N7O10. The molecular weight excluding hydrogens is 1260 g/mol. The Balaban J connectivity index is 0.000000182. The van der Waals surface area contributed by atoms with E-state index in [2.05, 4.69) is 50.0 Å². The summed E-state index contributed by atoms with van der Waals surface area (Å²) in [6, 6.07) is 17.1. The zero-order valence-corrected chi connectivity index (χ0v) is 53.1. The van der Waals surface area contributed by atoms with Crippen molar-refractivity contribution in [2.75, 3.05) is 26.2 Å². The van der Waals surface area contributed by atoms with Gasteiger partial charge in [0, 0.05) is 88.4 Å². The fourth-order valence-electron chi connectivity index (χ4n) is 12.1. The van der Waals surface area contributed by atoms with Gasteiger partial charge in [-0.3, -0.25) is 28.3 Å². The molecule has 0 radical (unpaired) electrons. The first kappa shape index (κ1) is 64.3. The van der Waals surface area contributed by atoms with E-state index in [1.165, 1.54) is 42.5 Å². The molecule has 4 aromatic carbocycles. The van der Waals surface area contributed by atoms with E-state index in [4.69, 9.17) is 78.7 Å². The molecule has 2 fully saturated rings. The van der Waals surface area contributed by atoms with Crippen LogP contribution in [0.1, 0.15) is 126 Å². The summed E-state index contributed by atoms with van der Waals surface area (Å²) in [7, 11) is 0. The van der Waals surface area contributed by atoms with Gasteiger partial charge in [-0.05, 0) is 160 Å². The highest BCUT2D eigenvalue weighted by atomic mass is 35.5. The van der Waals surface area contributed by atoms with Crippen LogP contribution in [0, 0.1) is 0 Å². The lowest BCUT2D eigenvalue weighted by Crippen LogP contribution is -2.67. The van der Waals surface area contributed by atoms with Gasteiger partial charge in [-0.2, -0.15) is 0 Å². The number of amides is 2. The third kappa shape index (κ3) is 13.3. The summed E-state index contributed by atoms with van der Waals surface area (Å²) in [6.07, 6.45) is 12.9. The second-order valence-electron chi connectivity index (χ2n) is 23.3. The molecule has 0 atom stereocenters. The summed E-state index contributed by atoms with van der Waals surface area (Å²) in [5, 5.41) is 32.5. The summed E-state index contributed by atoms with van der Waals surface area (Å²) >= 11 is 38.7. The summed E-state index contributed by atoms with van der Waals surface area (Å²) < 4.78 is 14.9. The lowest BCUT2D eigenvalue weighted by Gasteiger charge is -2.30. The molecule has 2 aliphatic carbocycles. The van der Waals surface area contributed by atoms with Gasteiger partial charge in [0.25, 0.3) is 11.8 Å². The number of aliphatic carboxylic acids is 2. The van der Waals surface area contributed by atoms with Crippen LogP contribution in [-0.4, -0.2) is 102 Å². The highest BCUT2D eigenvalue weighted by Crippen LogP contribution is 2.46. The number of allylic oxidation sites excluding steroid dienone is 2. The zero-order valence-electron chi connectivity index (χ0n) is 48.6. The molecule has 89 heavy (non-hydrogen) atoms. The first-order valence-electron chi connectivity index (χ1n) is 28.5. The SMILES string of the molecule is C=CC(=O)N1CCC(c2onc(-c3c(Cl)cc(Cl)cc3Cl)c2C(=O)n2cc3c4c(cccc42)/C(=C/C(=O)O)CC3)CC1.C=CC(=O)N1CCC(c2onc(-c3c(Cl)cc(Cl)cc3Cl)c2C(=O)n2cc3c4c(cccc42)/C(=C/C(=O)[O-])CC3)CC1.CC(C)(C)[NH3+]. The van der Waals surface area contributed by atoms with Crippen LogP contribution < -0.4 is 10.8 Å². The first-order chi connectivity index (χ1) is 42.3. The molecule has 17 nitrogen and oxygen atoms in total. The van der Waals surface area contributed by atoms with Gasteiger partial charge >= 0.3 is 5.97 Å². The normalized spacial score (nSPS) is 16.0. The van der Waals surface area contributed by atoms with Crippen LogP contribution in [-0.2, 0) is 32.0 Å². The van der Waals surface area contributed by atoms with Crippen LogP contribution in [0.5, 0.6) is 0 Å². The molecule has 460 valence electrons. The van der Waals surface area contributed by atoms with E-state index in [1.807, 2.05) is 24.3 Å². The van der Waals surface area contributed by atoms with Gasteiger partial charge in [0.1, 0.15) is 22.5 Å². The van der Waals surface area contributed by atoms with Crippen LogP contribution in [0.25, 0.3) is 55.5 Å². The molecule has 2 amide bonds. The summed E-state index contributed by atoms with van der Waals surface area (Å²) in [4.78, 5) is 79.7. The Kier molecular flexibility index (Phi) is 19.0. The maximum absolute atomic E-state index is 14.6. The number of benzene rings is 4. The standard InChI is InChI=1S/2C31H24Cl3N3O5.C4H11N/c2*1-2-24(38)36-10-8-16(9-11-36)30-28(29(35-42-30)27-21(33)13-19(32)14-22(27)34)31(41)37-15-18-7-6-17(12-25(39)40)20-4-3-5-23(37)26(18)20;1-4(2,3)5/h2*2-5,12-16H,1,6-11H2,(H,39,40);5H2,1-3H3/b2*17-12+;. The van der Waals surface area contributed by atoms with Crippen LogP contribution in [0.4, 0.5) is 0 Å². The molecule has 2 aliphatic heterocycles. The lowest BCUT2D eigenvalue weighted by atomic mass is 9.88. The molecule has 2 saturated heterocycles. The number of likely N-dealkylation sites (tertiary alicyclic amines) is 2. The molecule has 0 bridgehead atoms. The van der Waals surface area contributed by atoms with Gasteiger partial charge in [-0.1, -0.05) is 117 Å². The third-order valence-corrected chi connectivity index (χ3v) is 17.5. The number of hydrogen-bond acceptors (Lipinski definition) is 11. The molecule has 8 aromatic rings. The van der Waals surface area contributed by atoms with E-state index in [-0.39, 0.29) is 77.7 Å². The fourth-order valence-corrected chi connectivity index (χ4v) is 14.1. The van der Waals surface area contributed by atoms with Crippen molar-refractivity contribution in [3.05, 3.63) is 186 Å². The second-order valence-corrected chi connectivity index (χ2v) is 25.8. The number of hydrogen-bond donors (Lipinski definition) is 2. The molecule has 0 saturated carbocycles. The van der Waals surface area contributed by atoms with E-state index in [9.17, 15) is 39.0 Å².